The number of hydrogen-bond acceptors (Lipinski definition) is 6. The molecule has 9 heteroatoms. The lowest BCUT2D eigenvalue weighted by Gasteiger charge is -2.15. The van der Waals surface area contributed by atoms with E-state index in [4.69, 9.17) is 4.74 Å². The third kappa shape index (κ3) is 4.03. The van der Waals surface area contributed by atoms with E-state index in [2.05, 4.69) is 0 Å². The second-order valence-electron chi connectivity index (χ2n) is 5.28. The molecule has 0 aromatic heterocycles. The second kappa shape index (κ2) is 7.44. The summed E-state index contributed by atoms with van der Waals surface area (Å²) in [5, 5.41) is 22.5. The van der Waals surface area contributed by atoms with Crippen LogP contribution in [0.2, 0.25) is 0 Å². The van der Waals surface area contributed by atoms with Crippen LogP contribution in [-0.4, -0.2) is 22.2 Å². The molecule has 0 aliphatic carbocycles. The second-order valence-corrected chi connectivity index (χ2v) is 8.84. The summed E-state index contributed by atoms with van der Waals surface area (Å²) in [6.45, 7) is 3.58. The predicted octanol–water partition coefficient (Wildman–Crippen LogP) is 4.32. The van der Waals surface area contributed by atoms with Crippen LogP contribution < -0.4 is 10.0 Å². The van der Waals surface area contributed by atoms with Gasteiger partial charge in [0.05, 0.1) is 9.85 Å². The van der Waals surface area contributed by atoms with Crippen LogP contribution in [-0.2, 0) is 4.57 Å². The van der Waals surface area contributed by atoms with E-state index in [0.717, 1.165) is 0 Å². The Morgan fingerprint density at radius 1 is 0.960 bits per heavy atom. The molecule has 2 aromatic carbocycles. The van der Waals surface area contributed by atoms with E-state index in [1.165, 1.54) is 36.4 Å². The maximum atomic E-state index is 12.8. The first kappa shape index (κ1) is 18.6. The monoisotopic (exact) mass is 364 g/mol. The van der Waals surface area contributed by atoms with Gasteiger partial charge in [0.25, 0.3) is 5.69 Å². The van der Waals surface area contributed by atoms with Crippen molar-refractivity contribution in [3.05, 3.63) is 62.7 Å². The minimum absolute atomic E-state index is 0.0126. The zero-order chi connectivity index (χ0) is 18.6. The molecule has 0 N–H and O–H groups in total. The van der Waals surface area contributed by atoms with Crippen molar-refractivity contribution < 1.29 is 19.1 Å². The topological polar surface area (TPSA) is 113 Å². The van der Waals surface area contributed by atoms with Crippen molar-refractivity contribution in [2.24, 2.45) is 0 Å². The molecule has 0 radical (unpaired) electrons. The maximum absolute atomic E-state index is 12.8. The van der Waals surface area contributed by atoms with Crippen molar-refractivity contribution in [2.45, 2.75) is 13.8 Å². The normalized spacial score (nSPS) is 11.1. The van der Waals surface area contributed by atoms with Crippen molar-refractivity contribution in [3.63, 3.8) is 0 Å². The van der Waals surface area contributed by atoms with Gasteiger partial charge >= 0.3 is 5.69 Å². The standard InChI is InChI=1S/C16H17N2O6P/c1-3-25(23,4-2)14-9-10-16(15(11-14)18(21)22)24-13-7-5-12(6-8-13)17(19)20/h5-11H,3-4H2,1-2H3. The largest absolute Gasteiger partial charge is 0.450 e. The lowest BCUT2D eigenvalue weighted by molar-refractivity contribution is -0.385. The minimum atomic E-state index is -2.66. The fraction of sp³-hybridized carbons (Fsp3) is 0.250. The Morgan fingerprint density at radius 2 is 1.56 bits per heavy atom. The Labute approximate surface area is 144 Å². The van der Waals surface area contributed by atoms with Crippen molar-refractivity contribution in [3.8, 4) is 11.5 Å². The first-order chi connectivity index (χ1) is 11.8. The van der Waals surface area contributed by atoms with Crippen LogP contribution in [0, 0.1) is 20.2 Å². The number of benzene rings is 2. The third-order valence-corrected chi connectivity index (χ3v) is 7.17. The molecule has 0 bridgehead atoms. The maximum Gasteiger partial charge on any atom is 0.312 e. The van der Waals surface area contributed by atoms with Crippen LogP contribution in [0.25, 0.3) is 0 Å². The van der Waals surface area contributed by atoms with E-state index >= 15 is 0 Å². The minimum Gasteiger partial charge on any atom is -0.450 e. The Kier molecular flexibility index (Phi) is 5.54. The van der Waals surface area contributed by atoms with Gasteiger partial charge in [-0.3, -0.25) is 20.2 Å². The Morgan fingerprint density at radius 3 is 2.04 bits per heavy atom. The number of nitro benzene ring substituents is 2. The van der Waals surface area contributed by atoms with Gasteiger partial charge in [0.15, 0.2) is 0 Å². The zero-order valence-corrected chi connectivity index (χ0v) is 14.6. The highest BCUT2D eigenvalue weighted by molar-refractivity contribution is 7.71. The molecular weight excluding hydrogens is 347 g/mol. The van der Waals surface area contributed by atoms with Gasteiger partial charge in [-0.1, -0.05) is 13.8 Å². The van der Waals surface area contributed by atoms with Crippen LogP contribution in [0.3, 0.4) is 0 Å². The van der Waals surface area contributed by atoms with Crippen LogP contribution in [0.15, 0.2) is 42.5 Å². The average molecular weight is 364 g/mol. The van der Waals surface area contributed by atoms with Crippen molar-refractivity contribution in [1.29, 1.82) is 0 Å². The summed E-state index contributed by atoms with van der Waals surface area (Å²) in [4.78, 5) is 20.9. The predicted molar refractivity (Wildman–Crippen MR) is 94.6 cm³/mol. The summed E-state index contributed by atoms with van der Waals surface area (Å²) in [5.41, 5.74) is -0.401. The molecule has 25 heavy (non-hydrogen) atoms. The van der Waals surface area contributed by atoms with Crippen molar-refractivity contribution in [1.82, 2.24) is 0 Å². The van der Waals surface area contributed by atoms with Gasteiger partial charge in [-0.05, 0) is 24.3 Å². The van der Waals surface area contributed by atoms with E-state index in [0.29, 0.717) is 17.6 Å². The van der Waals surface area contributed by atoms with E-state index < -0.39 is 17.0 Å². The molecule has 2 aromatic rings. The molecule has 0 fully saturated rings. The highest BCUT2D eigenvalue weighted by Gasteiger charge is 2.25. The van der Waals surface area contributed by atoms with Gasteiger partial charge in [0, 0.05) is 35.8 Å². The molecule has 0 aliphatic heterocycles. The molecule has 0 saturated heterocycles. The molecule has 0 aliphatic rings. The molecule has 132 valence electrons. The Hall–Kier alpha value is -2.73. The molecule has 0 heterocycles. The fourth-order valence-electron chi connectivity index (χ4n) is 2.34. The van der Waals surface area contributed by atoms with Gasteiger partial charge < -0.3 is 9.30 Å². The summed E-state index contributed by atoms with van der Waals surface area (Å²) in [6.07, 6.45) is 0.840. The number of ether oxygens (including phenoxy) is 1. The molecule has 0 unspecified atom stereocenters. The Balaban J connectivity index is 2.39. The molecule has 0 spiro atoms. The van der Waals surface area contributed by atoms with Crippen molar-refractivity contribution in [2.75, 3.05) is 12.3 Å². The summed E-state index contributed by atoms with van der Waals surface area (Å²) in [5.74, 6) is 0.219. The lowest BCUT2D eigenvalue weighted by Crippen LogP contribution is -2.10. The van der Waals surface area contributed by atoms with E-state index in [9.17, 15) is 24.8 Å². The number of rotatable bonds is 7. The van der Waals surface area contributed by atoms with Gasteiger partial charge in [0.1, 0.15) is 12.9 Å². The van der Waals surface area contributed by atoms with Gasteiger partial charge in [-0.25, -0.2) is 0 Å². The summed E-state index contributed by atoms with van der Waals surface area (Å²) in [7, 11) is -2.66. The van der Waals surface area contributed by atoms with Gasteiger partial charge in [-0.2, -0.15) is 0 Å². The molecular formula is C16H17N2O6P. The van der Waals surface area contributed by atoms with E-state index in [1.54, 1.807) is 19.9 Å². The third-order valence-electron chi connectivity index (χ3n) is 3.91. The quantitative estimate of drug-likeness (QED) is 0.411. The Bertz CT molecular complexity index is 842. The molecule has 8 nitrogen and oxygen atoms in total. The van der Waals surface area contributed by atoms with Gasteiger partial charge in [-0.15, -0.1) is 0 Å². The smallest absolute Gasteiger partial charge is 0.312 e. The zero-order valence-electron chi connectivity index (χ0n) is 13.7. The van der Waals surface area contributed by atoms with E-state index in [-0.39, 0.29) is 22.9 Å². The summed E-state index contributed by atoms with van der Waals surface area (Å²) in [6, 6.07) is 9.48. The average Bonchev–Trinajstić information content (AvgIpc) is 2.61. The SMILES string of the molecule is CCP(=O)(CC)c1ccc(Oc2ccc([N+](=O)[O-])cc2)c([N+](=O)[O-])c1. The highest BCUT2D eigenvalue weighted by atomic mass is 31.2. The van der Waals surface area contributed by atoms with Crippen LogP contribution in [0.1, 0.15) is 13.8 Å². The van der Waals surface area contributed by atoms with E-state index in [1.807, 2.05) is 0 Å². The molecule has 0 saturated carbocycles. The molecule has 0 atom stereocenters. The lowest BCUT2D eigenvalue weighted by atomic mass is 10.3. The number of nitro groups is 2. The van der Waals surface area contributed by atoms with Crippen LogP contribution in [0.5, 0.6) is 11.5 Å². The first-order valence-corrected chi connectivity index (χ1v) is 9.68. The highest BCUT2D eigenvalue weighted by Crippen LogP contribution is 2.45. The number of nitrogens with zero attached hydrogens (tertiary/aromatic N) is 2. The molecule has 2 rings (SSSR count). The number of non-ortho nitro benzene ring substituents is 1. The first-order valence-electron chi connectivity index (χ1n) is 7.60. The summed E-state index contributed by atoms with van der Waals surface area (Å²) >= 11 is 0. The summed E-state index contributed by atoms with van der Waals surface area (Å²) < 4.78 is 18.3. The fourth-order valence-corrected chi connectivity index (χ4v) is 4.22. The van der Waals surface area contributed by atoms with Crippen LogP contribution >= 0.6 is 7.14 Å². The van der Waals surface area contributed by atoms with Crippen LogP contribution in [0.4, 0.5) is 11.4 Å². The van der Waals surface area contributed by atoms with Crippen molar-refractivity contribution >= 4 is 23.8 Å². The molecule has 0 amide bonds. The number of hydrogen-bond donors (Lipinski definition) is 0. The van der Waals surface area contributed by atoms with Gasteiger partial charge in [0.2, 0.25) is 5.75 Å².